The zero-order valence-corrected chi connectivity index (χ0v) is 10.2. The number of fused-ring (bicyclic) bond motifs is 1. The second-order valence-corrected chi connectivity index (χ2v) is 5.11. The van der Waals surface area contributed by atoms with E-state index in [0.29, 0.717) is 6.42 Å². The van der Waals surface area contributed by atoms with Crippen LogP contribution in [0.1, 0.15) is 17.7 Å². The standard InChI is InChI=1S/C10H12BrNOS/c11-5-6-12-8-4-7-14-9(8)2-1-3-10(12)13/h4,7H,1-3,5-6H2. The van der Waals surface area contributed by atoms with E-state index in [2.05, 4.69) is 27.4 Å². The van der Waals surface area contributed by atoms with Crippen molar-refractivity contribution in [1.82, 2.24) is 0 Å². The minimum absolute atomic E-state index is 0.265. The maximum atomic E-state index is 11.8. The molecule has 2 heterocycles. The minimum atomic E-state index is 0.265. The van der Waals surface area contributed by atoms with E-state index in [4.69, 9.17) is 0 Å². The van der Waals surface area contributed by atoms with Crippen LogP contribution >= 0.6 is 27.3 Å². The second-order valence-electron chi connectivity index (χ2n) is 3.32. The van der Waals surface area contributed by atoms with Gasteiger partial charge in [-0.15, -0.1) is 11.3 Å². The first-order valence-corrected chi connectivity index (χ1v) is 6.75. The van der Waals surface area contributed by atoms with E-state index in [1.165, 1.54) is 4.88 Å². The Hall–Kier alpha value is -0.350. The van der Waals surface area contributed by atoms with Gasteiger partial charge in [0.05, 0.1) is 5.69 Å². The van der Waals surface area contributed by atoms with Gasteiger partial charge in [0, 0.05) is 23.2 Å². The molecule has 0 N–H and O–H groups in total. The number of alkyl halides is 1. The number of carbonyl (C=O) groups is 1. The van der Waals surface area contributed by atoms with Crippen LogP contribution in [0.4, 0.5) is 5.69 Å². The number of amides is 1. The predicted octanol–water partition coefficient (Wildman–Crippen LogP) is 2.81. The van der Waals surface area contributed by atoms with Gasteiger partial charge in [0.15, 0.2) is 0 Å². The van der Waals surface area contributed by atoms with E-state index in [9.17, 15) is 4.79 Å². The van der Waals surface area contributed by atoms with Crippen LogP contribution in [0.15, 0.2) is 11.4 Å². The first-order valence-electron chi connectivity index (χ1n) is 4.75. The quantitative estimate of drug-likeness (QED) is 0.759. The van der Waals surface area contributed by atoms with Crippen LogP contribution in [-0.2, 0) is 11.2 Å². The van der Waals surface area contributed by atoms with E-state index < -0.39 is 0 Å². The molecule has 1 amide bonds. The van der Waals surface area contributed by atoms with Gasteiger partial charge in [-0.05, 0) is 24.3 Å². The smallest absolute Gasteiger partial charge is 0.227 e. The molecule has 1 aliphatic heterocycles. The van der Waals surface area contributed by atoms with E-state index in [-0.39, 0.29) is 5.91 Å². The molecule has 0 atom stereocenters. The van der Waals surface area contributed by atoms with Gasteiger partial charge < -0.3 is 4.90 Å². The fourth-order valence-corrected chi connectivity index (χ4v) is 3.04. The average molecular weight is 274 g/mol. The number of nitrogens with zero attached hydrogens (tertiary/aromatic N) is 1. The van der Waals surface area contributed by atoms with Crippen molar-refractivity contribution < 1.29 is 4.79 Å². The topological polar surface area (TPSA) is 20.3 Å². The lowest BCUT2D eigenvalue weighted by Gasteiger charge is -2.19. The lowest BCUT2D eigenvalue weighted by molar-refractivity contribution is -0.118. The summed E-state index contributed by atoms with van der Waals surface area (Å²) >= 11 is 5.15. The van der Waals surface area contributed by atoms with Crippen molar-refractivity contribution in [3.05, 3.63) is 16.3 Å². The van der Waals surface area contributed by atoms with E-state index >= 15 is 0 Å². The SMILES string of the molecule is O=C1CCCc2sccc2N1CCBr. The highest BCUT2D eigenvalue weighted by Crippen LogP contribution is 2.31. The van der Waals surface area contributed by atoms with Crippen molar-refractivity contribution in [2.24, 2.45) is 0 Å². The molecule has 0 aromatic carbocycles. The molecule has 2 rings (SSSR count). The Morgan fingerprint density at radius 1 is 1.50 bits per heavy atom. The Labute approximate surface area is 96.0 Å². The highest BCUT2D eigenvalue weighted by atomic mass is 79.9. The van der Waals surface area contributed by atoms with Crippen molar-refractivity contribution >= 4 is 38.9 Å². The lowest BCUT2D eigenvalue weighted by atomic mass is 10.2. The zero-order chi connectivity index (χ0) is 9.97. The third-order valence-corrected chi connectivity index (χ3v) is 3.74. The van der Waals surface area contributed by atoms with Crippen molar-refractivity contribution in [2.75, 3.05) is 16.8 Å². The summed E-state index contributed by atoms with van der Waals surface area (Å²) in [5, 5.41) is 2.92. The van der Waals surface area contributed by atoms with E-state index in [0.717, 1.165) is 30.4 Å². The molecule has 0 saturated heterocycles. The monoisotopic (exact) mass is 273 g/mol. The fraction of sp³-hybridized carbons (Fsp3) is 0.500. The van der Waals surface area contributed by atoms with Crippen LogP contribution in [0.25, 0.3) is 0 Å². The molecule has 0 spiro atoms. The van der Waals surface area contributed by atoms with Crippen LogP contribution in [-0.4, -0.2) is 17.8 Å². The Morgan fingerprint density at radius 3 is 3.14 bits per heavy atom. The molecule has 0 radical (unpaired) electrons. The molecule has 1 aromatic heterocycles. The van der Waals surface area contributed by atoms with Crippen molar-refractivity contribution in [2.45, 2.75) is 19.3 Å². The Morgan fingerprint density at radius 2 is 2.36 bits per heavy atom. The van der Waals surface area contributed by atoms with Crippen molar-refractivity contribution in [1.29, 1.82) is 0 Å². The molecule has 2 nitrogen and oxygen atoms in total. The molecular formula is C10H12BrNOS. The summed E-state index contributed by atoms with van der Waals surface area (Å²) in [5.74, 6) is 0.265. The minimum Gasteiger partial charge on any atom is -0.310 e. The largest absolute Gasteiger partial charge is 0.310 e. The summed E-state index contributed by atoms with van der Waals surface area (Å²) in [4.78, 5) is 15.0. The maximum Gasteiger partial charge on any atom is 0.227 e. The molecule has 1 aliphatic rings. The van der Waals surface area contributed by atoms with Crippen LogP contribution in [0.3, 0.4) is 0 Å². The van der Waals surface area contributed by atoms with Gasteiger partial charge in [0.2, 0.25) is 5.91 Å². The molecule has 0 aliphatic carbocycles. The van der Waals surface area contributed by atoms with Crippen LogP contribution in [0, 0.1) is 0 Å². The Balaban J connectivity index is 2.31. The molecule has 0 fully saturated rings. The van der Waals surface area contributed by atoms with E-state index in [1.807, 2.05) is 4.90 Å². The summed E-state index contributed by atoms with van der Waals surface area (Å²) in [6.45, 7) is 0.780. The summed E-state index contributed by atoms with van der Waals surface area (Å²) in [5.41, 5.74) is 1.14. The number of hydrogen-bond acceptors (Lipinski definition) is 2. The molecule has 76 valence electrons. The van der Waals surface area contributed by atoms with Gasteiger partial charge >= 0.3 is 0 Å². The molecule has 0 saturated carbocycles. The Kier molecular flexibility index (Phi) is 3.23. The molecule has 4 heteroatoms. The summed E-state index contributed by atoms with van der Waals surface area (Å²) in [6, 6.07) is 2.06. The first-order chi connectivity index (χ1) is 6.83. The average Bonchev–Trinajstić information content (AvgIpc) is 2.57. The molecule has 0 unspecified atom stereocenters. The number of hydrogen-bond donors (Lipinski definition) is 0. The molecular weight excluding hydrogens is 262 g/mol. The zero-order valence-electron chi connectivity index (χ0n) is 7.83. The number of aryl methyl sites for hydroxylation is 1. The van der Waals surface area contributed by atoms with Crippen LogP contribution in [0.2, 0.25) is 0 Å². The number of rotatable bonds is 2. The summed E-state index contributed by atoms with van der Waals surface area (Å²) in [6.07, 6.45) is 2.73. The lowest BCUT2D eigenvalue weighted by Crippen LogP contribution is -2.31. The van der Waals surface area contributed by atoms with Gasteiger partial charge in [0.1, 0.15) is 0 Å². The molecule has 1 aromatic rings. The van der Waals surface area contributed by atoms with Crippen LogP contribution < -0.4 is 4.90 Å². The van der Waals surface area contributed by atoms with Crippen molar-refractivity contribution in [3.8, 4) is 0 Å². The molecule has 0 bridgehead atoms. The van der Waals surface area contributed by atoms with Gasteiger partial charge in [-0.1, -0.05) is 15.9 Å². The Bertz CT molecular complexity index is 337. The van der Waals surface area contributed by atoms with Crippen LogP contribution in [0.5, 0.6) is 0 Å². The van der Waals surface area contributed by atoms with Gasteiger partial charge in [0.25, 0.3) is 0 Å². The van der Waals surface area contributed by atoms with Gasteiger partial charge in [-0.2, -0.15) is 0 Å². The number of thiophene rings is 1. The third kappa shape index (κ3) is 1.86. The highest BCUT2D eigenvalue weighted by Gasteiger charge is 2.21. The maximum absolute atomic E-state index is 11.8. The second kappa shape index (κ2) is 4.45. The first kappa shape index (κ1) is 10.2. The predicted molar refractivity (Wildman–Crippen MR) is 63.4 cm³/mol. The number of carbonyl (C=O) groups excluding carboxylic acids is 1. The van der Waals surface area contributed by atoms with Gasteiger partial charge in [-0.25, -0.2) is 0 Å². The fourth-order valence-electron chi connectivity index (χ4n) is 1.76. The normalized spacial score (nSPS) is 16.6. The summed E-state index contributed by atoms with van der Waals surface area (Å²) < 4.78 is 0. The van der Waals surface area contributed by atoms with Gasteiger partial charge in [-0.3, -0.25) is 4.79 Å². The van der Waals surface area contributed by atoms with E-state index in [1.54, 1.807) is 11.3 Å². The number of halogens is 1. The van der Waals surface area contributed by atoms with Crippen molar-refractivity contribution in [3.63, 3.8) is 0 Å². The number of anilines is 1. The third-order valence-electron chi connectivity index (χ3n) is 2.42. The molecule has 14 heavy (non-hydrogen) atoms. The summed E-state index contributed by atoms with van der Waals surface area (Å²) in [7, 11) is 0. The highest BCUT2D eigenvalue weighted by molar-refractivity contribution is 9.09.